The van der Waals surface area contributed by atoms with Gasteiger partial charge in [0.05, 0.1) is 17.5 Å². The Morgan fingerprint density at radius 1 is 1.50 bits per heavy atom. The van der Waals surface area contributed by atoms with E-state index in [9.17, 15) is 5.11 Å². The van der Waals surface area contributed by atoms with Gasteiger partial charge in [-0.3, -0.25) is 0 Å². The number of rotatable bonds is 3. The third kappa shape index (κ3) is 2.97. The fraction of sp³-hybridized carbons (Fsp3) is 0.538. The molecule has 0 aliphatic carbocycles. The van der Waals surface area contributed by atoms with Gasteiger partial charge < -0.3 is 14.7 Å². The summed E-state index contributed by atoms with van der Waals surface area (Å²) in [6, 6.07) is 5.51. The van der Waals surface area contributed by atoms with Gasteiger partial charge in [0.2, 0.25) is 0 Å². The summed E-state index contributed by atoms with van der Waals surface area (Å²) in [7, 11) is 1.91. The van der Waals surface area contributed by atoms with E-state index < -0.39 is 5.60 Å². The van der Waals surface area contributed by atoms with Crippen LogP contribution in [0, 0.1) is 11.3 Å². The van der Waals surface area contributed by atoms with Gasteiger partial charge in [-0.15, -0.1) is 0 Å². The van der Waals surface area contributed by atoms with Gasteiger partial charge in [-0.25, -0.2) is 4.98 Å². The smallest absolute Gasteiger partial charge is 0.140 e. The summed E-state index contributed by atoms with van der Waals surface area (Å²) in [6.45, 7) is 1.76. The number of pyridine rings is 1. The highest BCUT2D eigenvalue weighted by Gasteiger charge is 2.31. The summed E-state index contributed by atoms with van der Waals surface area (Å²) >= 11 is 0. The topological polar surface area (TPSA) is 69.4 Å². The van der Waals surface area contributed by atoms with Crippen LogP contribution in [0.15, 0.2) is 18.3 Å². The van der Waals surface area contributed by atoms with Gasteiger partial charge in [0.25, 0.3) is 0 Å². The quantitative estimate of drug-likeness (QED) is 0.860. The Morgan fingerprint density at radius 2 is 2.22 bits per heavy atom. The first kappa shape index (κ1) is 12.8. The molecule has 5 heteroatoms. The molecule has 0 unspecified atom stereocenters. The predicted octanol–water partition coefficient (Wildman–Crippen LogP) is 0.931. The van der Waals surface area contributed by atoms with Crippen molar-refractivity contribution >= 4 is 5.69 Å². The largest absolute Gasteiger partial charge is 0.388 e. The van der Waals surface area contributed by atoms with Crippen LogP contribution in [0.5, 0.6) is 0 Å². The second-order valence-corrected chi connectivity index (χ2v) is 4.71. The third-order valence-electron chi connectivity index (χ3n) is 3.26. The number of nitrogens with zero attached hydrogens (tertiary/aromatic N) is 3. The molecule has 0 atom stereocenters. The van der Waals surface area contributed by atoms with Crippen LogP contribution in [0.2, 0.25) is 0 Å². The van der Waals surface area contributed by atoms with Crippen LogP contribution in [0.1, 0.15) is 18.5 Å². The molecule has 1 aliphatic heterocycles. The zero-order valence-corrected chi connectivity index (χ0v) is 10.5. The van der Waals surface area contributed by atoms with Crippen molar-refractivity contribution in [1.29, 1.82) is 5.26 Å². The highest BCUT2D eigenvalue weighted by molar-refractivity contribution is 5.45. The summed E-state index contributed by atoms with van der Waals surface area (Å²) in [5.74, 6) is 0. The van der Waals surface area contributed by atoms with Crippen LogP contribution in [-0.2, 0) is 4.74 Å². The lowest BCUT2D eigenvalue weighted by Gasteiger charge is -2.36. The van der Waals surface area contributed by atoms with Crippen molar-refractivity contribution in [2.24, 2.45) is 0 Å². The fourth-order valence-corrected chi connectivity index (χ4v) is 2.12. The molecule has 0 aromatic carbocycles. The number of aromatic nitrogens is 1. The molecule has 1 aromatic rings. The van der Waals surface area contributed by atoms with Crippen molar-refractivity contribution in [2.45, 2.75) is 18.4 Å². The molecule has 5 nitrogen and oxygen atoms in total. The lowest BCUT2D eigenvalue weighted by Crippen LogP contribution is -2.45. The first-order valence-electron chi connectivity index (χ1n) is 6.00. The van der Waals surface area contributed by atoms with Crippen molar-refractivity contribution in [1.82, 2.24) is 4.98 Å². The van der Waals surface area contributed by atoms with Crippen LogP contribution < -0.4 is 4.90 Å². The molecule has 1 N–H and O–H groups in total. The van der Waals surface area contributed by atoms with E-state index in [-0.39, 0.29) is 0 Å². The molecule has 0 saturated carbocycles. The molecule has 1 fully saturated rings. The zero-order valence-electron chi connectivity index (χ0n) is 10.5. The van der Waals surface area contributed by atoms with Crippen molar-refractivity contribution in [3.63, 3.8) is 0 Å². The van der Waals surface area contributed by atoms with Crippen molar-refractivity contribution in [3.05, 3.63) is 24.0 Å². The average molecular weight is 247 g/mol. The highest BCUT2D eigenvalue weighted by Crippen LogP contribution is 2.23. The van der Waals surface area contributed by atoms with Gasteiger partial charge in [-0.05, 0) is 12.1 Å². The summed E-state index contributed by atoms with van der Waals surface area (Å²) in [5, 5.41) is 19.1. The highest BCUT2D eigenvalue weighted by atomic mass is 16.5. The molecule has 0 radical (unpaired) electrons. The standard InChI is InChI=1S/C13H17N3O2/c1-16(10-13(17)4-6-18-7-5-13)12-3-2-11(8-14)15-9-12/h2-3,9,17H,4-7,10H2,1H3. The van der Waals surface area contributed by atoms with Gasteiger partial charge in [0.15, 0.2) is 0 Å². The molecule has 18 heavy (non-hydrogen) atoms. The van der Waals surface area contributed by atoms with Crippen molar-refractivity contribution in [3.8, 4) is 6.07 Å². The van der Waals surface area contributed by atoms with Crippen LogP contribution >= 0.6 is 0 Å². The molecule has 1 aliphatic rings. The molecule has 0 amide bonds. The number of hydrogen-bond donors (Lipinski definition) is 1. The van der Waals surface area contributed by atoms with Gasteiger partial charge in [0, 0.05) is 39.6 Å². The molecule has 1 saturated heterocycles. The van der Waals surface area contributed by atoms with Crippen LogP contribution in [-0.4, -0.2) is 42.5 Å². The second kappa shape index (κ2) is 5.34. The summed E-state index contributed by atoms with van der Waals surface area (Å²) in [6.07, 6.45) is 2.96. The summed E-state index contributed by atoms with van der Waals surface area (Å²) < 4.78 is 5.26. The number of anilines is 1. The molecule has 2 rings (SSSR count). The predicted molar refractivity (Wildman–Crippen MR) is 67.2 cm³/mol. The van der Waals surface area contributed by atoms with E-state index in [1.165, 1.54) is 0 Å². The number of likely N-dealkylation sites (N-methyl/N-ethyl adjacent to an activating group) is 1. The maximum atomic E-state index is 10.4. The third-order valence-corrected chi connectivity index (χ3v) is 3.26. The van der Waals surface area contributed by atoms with Crippen molar-refractivity contribution in [2.75, 3.05) is 31.7 Å². The monoisotopic (exact) mass is 247 g/mol. The van der Waals surface area contributed by atoms with Crippen LogP contribution in [0.25, 0.3) is 0 Å². The molecule has 0 bridgehead atoms. The van der Waals surface area contributed by atoms with Crippen LogP contribution in [0.4, 0.5) is 5.69 Å². The van der Waals surface area contributed by atoms with Gasteiger partial charge >= 0.3 is 0 Å². The average Bonchev–Trinajstić information content (AvgIpc) is 2.39. The Hall–Kier alpha value is -1.64. The first-order chi connectivity index (χ1) is 8.63. The van der Waals surface area contributed by atoms with E-state index in [2.05, 4.69) is 4.98 Å². The summed E-state index contributed by atoms with van der Waals surface area (Å²) in [4.78, 5) is 5.98. The summed E-state index contributed by atoms with van der Waals surface area (Å²) in [5.41, 5.74) is 0.604. The fourth-order valence-electron chi connectivity index (χ4n) is 2.12. The van der Waals surface area contributed by atoms with E-state index >= 15 is 0 Å². The zero-order chi connectivity index (χ0) is 13.0. The van der Waals surface area contributed by atoms with E-state index in [1.807, 2.05) is 24.1 Å². The van der Waals surface area contributed by atoms with E-state index in [0.29, 0.717) is 38.3 Å². The maximum Gasteiger partial charge on any atom is 0.140 e. The molecular weight excluding hydrogens is 230 g/mol. The number of aliphatic hydroxyl groups is 1. The number of ether oxygens (including phenoxy) is 1. The minimum absolute atomic E-state index is 0.400. The Morgan fingerprint density at radius 3 is 2.78 bits per heavy atom. The van der Waals surface area contributed by atoms with Crippen LogP contribution in [0.3, 0.4) is 0 Å². The van der Waals surface area contributed by atoms with Crippen molar-refractivity contribution < 1.29 is 9.84 Å². The lowest BCUT2D eigenvalue weighted by atomic mass is 9.94. The molecule has 2 heterocycles. The molecule has 96 valence electrons. The minimum Gasteiger partial charge on any atom is -0.388 e. The second-order valence-electron chi connectivity index (χ2n) is 4.71. The van der Waals surface area contributed by atoms with Gasteiger partial charge in [-0.1, -0.05) is 0 Å². The van der Waals surface area contributed by atoms with E-state index in [4.69, 9.17) is 10.00 Å². The Bertz CT molecular complexity index is 433. The molecule has 0 spiro atoms. The normalized spacial score (nSPS) is 18.1. The molecule has 1 aromatic heterocycles. The SMILES string of the molecule is CN(CC1(O)CCOCC1)c1ccc(C#N)nc1. The Kier molecular flexibility index (Phi) is 3.80. The van der Waals surface area contributed by atoms with E-state index in [1.54, 1.807) is 12.3 Å². The lowest BCUT2D eigenvalue weighted by molar-refractivity contribution is -0.0572. The number of nitriles is 1. The maximum absolute atomic E-state index is 10.4. The van der Waals surface area contributed by atoms with Gasteiger partial charge in [0.1, 0.15) is 11.8 Å². The van der Waals surface area contributed by atoms with E-state index in [0.717, 1.165) is 5.69 Å². The minimum atomic E-state index is -0.694. The van der Waals surface area contributed by atoms with Gasteiger partial charge in [-0.2, -0.15) is 5.26 Å². The number of hydrogen-bond acceptors (Lipinski definition) is 5. The Balaban J connectivity index is 2.02. The Labute approximate surface area is 107 Å². The molecular formula is C13H17N3O2. The first-order valence-corrected chi connectivity index (χ1v) is 6.00.